The molecule has 3 aliphatic carbocycles. The number of amides is 1. The van der Waals surface area contributed by atoms with Crippen LogP contribution >= 0.6 is 0 Å². The Balaban J connectivity index is 1.02. The fraction of sp³-hybridized carbons (Fsp3) is 0.840. The molecule has 212 valence electrons. The van der Waals surface area contributed by atoms with Crippen LogP contribution in [-0.2, 0) is 14.8 Å². The van der Waals surface area contributed by atoms with Gasteiger partial charge in [0.15, 0.2) is 5.69 Å². The summed E-state index contributed by atoms with van der Waals surface area (Å²) in [4.78, 5) is 12.8. The van der Waals surface area contributed by atoms with Crippen LogP contribution in [0.15, 0.2) is 10.6 Å². The lowest BCUT2D eigenvalue weighted by Crippen LogP contribution is -2.47. The highest BCUT2D eigenvalue weighted by Gasteiger charge is 2.66. The maximum Gasteiger partial charge on any atom is 0.389 e. The number of halogens is 3. The topological polar surface area (TPSA) is 114 Å². The first-order valence-corrected chi connectivity index (χ1v) is 15.3. The van der Waals surface area contributed by atoms with E-state index >= 15 is 0 Å². The molecule has 1 amide bonds. The van der Waals surface area contributed by atoms with Crippen molar-refractivity contribution in [2.24, 2.45) is 11.8 Å². The molecule has 0 aromatic carbocycles. The van der Waals surface area contributed by atoms with Crippen LogP contribution in [0.5, 0.6) is 0 Å². The van der Waals surface area contributed by atoms with Crippen molar-refractivity contribution < 1.29 is 35.6 Å². The number of nitrogens with zero attached hydrogens (tertiary/aromatic N) is 2. The number of fused-ring (bicyclic) bond motifs is 2. The summed E-state index contributed by atoms with van der Waals surface area (Å²) >= 11 is 0. The average molecular weight is 561 g/mol. The van der Waals surface area contributed by atoms with Crippen molar-refractivity contribution in [1.29, 1.82) is 0 Å². The molecule has 6 fully saturated rings. The third-order valence-electron chi connectivity index (χ3n) is 9.19. The number of piperidine rings is 1. The van der Waals surface area contributed by atoms with E-state index in [0.717, 1.165) is 12.8 Å². The van der Waals surface area contributed by atoms with E-state index in [1.165, 1.54) is 0 Å². The number of nitrogens with one attached hydrogen (secondary N) is 2. The molecule has 13 heteroatoms. The second kappa shape index (κ2) is 10.0. The Hall–Kier alpha value is -1.70. The number of ether oxygens (including phenoxy) is 1. The zero-order chi connectivity index (χ0) is 26.7. The van der Waals surface area contributed by atoms with E-state index in [1.807, 2.05) is 0 Å². The van der Waals surface area contributed by atoms with Gasteiger partial charge in [-0.25, -0.2) is 8.42 Å². The van der Waals surface area contributed by atoms with Crippen LogP contribution in [0, 0.1) is 11.8 Å². The molecule has 3 saturated carbocycles. The zero-order valence-electron chi connectivity index (χ0n) is 21.2. The van der Waals surface area contributed by atoms with Gasteiger partial charge in [0.2, 0.25) is 10.0 Å². The number of carbonyl (C=O) groups excluding carboxylic acids is 1. The van der Waals surface area contributed by atoms with Gasteiger partial charge in [-0.05, 0) is 69.7 Å². The lowest BCUT2D eigenvalue weighted by Gasteiger charge is -2.35. The van der Waals surface area contributed by atoms with Crippen molar-refractivity contribution in [2.75, 3.05) is 19.8 Å². The molecule has 2 N–H and O–H groups in total. The standard InChI is InChI=1S/C25H35F3N4O5S/c26-25(27,28)6-1-7-29-15-2-4-18(5-3-15)38(34,35)32-17-8-16(9-19-20(10-17)23(19)32)30-24(33)21-11-22(37-31-21)14-12-36-13-14/h11,14-20,23,29H,1-10,12-13H2,(H,30,33)/t15?,16-,17-,18?,19+,20?,23+/m0/s1. The SMILES string of the molecule is O=C(N[C@H]1C[C@H]2CC3[C@@H](C1)[C@H]3N2S(=O)(=O)C1CCC(NCCCC(F)(F)F)CC1)c1cc(C2COC2)on1. The number of hydrogen-bond donors (Lipinski definition) is 2. The summed E-state index contributed by atoms with van der Waals surface area (Å²) in [6, 6.07) is 1.53. The van der Waals surface area contributed by atoms with Crippen molar-refractivity contribution in [2.45, 2.75) is 99.3 Å². The van der Waals surface area contributed by atoms with Gasteiger partial charge in [0, 0.05) is 36.7 Å². The van der Waals surface area contributed by atoms with Gasteiger partial charge in [0.25, 0.3) is 5.91 Å². The van der Waals surface area contributed by atoms with Crippen LogP contribution in [0.4, 0.5) is 13.2 Å². The Morgan fingerprint density at radius 1 is 1.08 bits per heavy atom. The highest BCUT2D eigenvalue weighted by molar-refractivity contribution is 7.89. The van der Waals surface area contributed by atoms with Gasteiger partial charge in [-0.2, -0.15) is 17.5 Å². The maximum atomic E-state index is 13.8. The van der Waals surface area contributed by atoms with Crippen molar-refractivity contribution >= 4 is 15.9 Å². The molecular weight excluding hydrogens is 525 g/mol. The lowest BCUT2D eigenvalue weighted by molar-refractivity contribution is -0.135. The fourth-order valence-electron chi connectivity index (χ4n) is 7.12. The maximum absolute atomic E-state index is 13.8. The average Bonchev–Trinajstić information content (AvgIpc) is 3.14. The Kier molecular flexibility index (Phi) is 7.01. The largest absolute Gasteiger partial charge is 0.389 e. The molecule has 1 unspecified atom stereocenters. The van der Waals surface area contributed by atoms with Gasteiger partial charge in [-0.3, -0.25) is 4.79 Å². The lowest BCUT2D eigenvalue weighted by atomic mass is 9.95. The van der Waals surface area contributed by atoms with E-state index in [9.17, 15) is 26.4 Å². The summed E-state index contributed by atoms with van der Waals surface area (Å²) in [6.45, 7) is 1.42. The van der Waals surface area contributed by atoms with E-state index < -0.39 is 27.9 Å². The van der Waals surface area contributed by atoms with Gasteiger partial charge in [-0.15, -0.1) is 0 Å². The van der Waals surface area contributed by atoms with Crippen molar-refractivity contribution in [1.82, 2.24) is 20.1 Å². The van der Waals surface area contributed by atoms with Crippen LogP contribution in [0.3, 0.4) is 0 Å². The Labute approximate surface area is 220 Å². The molecular formula is C25H35F3N4O5S. The van der Waals surface area contributed by atoms with Gasteiger partial charge in [-0.1, -0.05) is 5.16 Å². The van der Waals surface area contributed by atoms with Crippen molar-refractivity contribution in [3.05, 3.63) is 17.5 Å². The predicted molar refractivity (Wildman–Crippen MR) is 130 cm³/mol. The highest BCUT2D eigenvalue weighted by atomic mass is 32.2. The fourth-order valence-corrected chi connectivity index (χ4v) is 9.57. The minimum Gasteiger partial charge on any atom is -0.380 e. The number of rotatable bonds is 9. The molecule has 38 heavy (non-hydrogen) atoms. The third kappa shape index (κ3) is 5.23. The van der Waals surface area contributed by atoms with Crippen LogP contribution in [-0.4, -0.2) is 79.1 Å². The first kappa shape index (κ1) is 26.5. The van der Waals surface area contributed by atoms with E-state index in [1.54, 1.807) is 10.4 Å². The Morgan fingerprint density at radius 2 is 1.82 bits per heavy atom. The number of sulfonamides is 1. The summed E-state index contributed by atoms with van der Waals surface area (Å²) in [6.07, 6.45) is -0.384. The summed E-state index contributed by atoms with van der Waals surface area (Å²) < 4.78 is 76.8. The molecule has 4 bridgehead atoms. The first-order valence-electron chi connectivity index (χ1n) is 13.8. The normalized spacial score (nSPS) is 35.5. The van der Waals surface area contributed by atoms with Gasteiger partial charge < -0.3 is 19.9 Å². The van der Waals surface area contributed by atoms with E-state index in [-0.39, 0.29) is 54.0 Å². The van der Waals surface area contributed by atoms with Crippen LogP contribution < -0.4 is 10.6 Å². The molecule has 3 saturated heterocycles. The number of aromatic nitrogens is 1. The van der Waals surface area contributed by atoms with E-state index in [0.29, 0.717) is 63.5 Å². The van der Waals surface area contributed by atoms with Crippen LogP contribution in [0.25, 0.3) is 0 Å². The first-order chi connectivity index (χ1) is 18.1. The van der Waals surface area contributed by atoms with Gasteiger partial charge >= 0.3 is 6.18 Å². The second-order valence-electron chi connectivity index (χ2n) is 11.7. The Morgan fingerprint density at radius 3 is 2.50 bits per heavy atom. The molecule has 1 aromatic heterocycles. The number of hydrogen-bond acceptors (Lipinski definition) is 7. The van der Waals surface area contributed by atoms with Crippen LogP contribution in [0.1, 0.15) is 80.0 Å². The second-order valence-corrected chi connectivity index (χ2v) is 13.8. The molecule has 7 rings (SSSR count). The minimum absolute atomic E-state index is 0.0300. The summed E-state index contributed by atoms with van der Waals surface area (Å²) in [5.74, 6) is 1.12. The van der Waals surface area contributed by atoms with E-state index in [4.69, 9.17) is 9.26 Å². The predicted octanol–water partition coefficient (Wildman–Crippen LogP) is 2.94. The molecule has 5 atom stereocenters. The zero-order valence-corrected chi connectivity index (χ0v) is 22.0. The highest BCUT2D eigenvalue weighted by Crippen LogP contribution is 2.60. The molecule has 0 radical (unpaired) electrons. The quantitative estimate of drug-likeness (QED) is 0.447. The smallest absolute Gasteiger partial charge is 0.380 e. The Bertz CT molecular complexity index is 1130. The van der Waals surface area contributed by atoms with Crippen molar-refractivity contribution in [3.63, 3.8) is 0 Å². The van der Waals surface area contributed by atoms with Crippen LogP contribution in [0.2, 0.25) is 0 Å². The molecule has 9 nitrogen and oxygen atoms in total. The van der Waals surface area contributed by atoms with Crippen molar-refractivity contribution in [3.8, 4) is 0 Å². The number of alkyl halides is 3. The molecule has 3 aliphatic heterocycles. The van der Waals surface area contributed by atoms with Gasteiger partial charge in [0.1, 0.15) is 5.76 Å². The molecule has 4 heterocycles. The molecule has 0 spiro atoms. The number of carbonyl (C=O) groups is 1. The monoisotopic (exact) mass is 560 g/mol. The molecule has 6 aliphatic rings. The summed E-state index contributed by atoms with van der Waals surface area (Å²) in [5, 5.41) is 9.72. The minimum atomic E-state index is -4.14. The summed E-state index contributed by atoms with van der Waals surface area (Å²) in [7, 11) is -3.49. The van der Waals surface area contributed by atoms with E-state index in [2.05, 4.69) is 15.8 Å². The third-order valence-corrected chi connectivity index (χ3v) is 11.6. The molecule has 1 aromatic rings. The van der Waals surface area contributed by atoms with Gasteiger partial charge in [0.05, 0.1) is 24.4 Å². The summed E-state index contributed by atoms with van der Waals surface area (Å²) in [5.41, 5.74) is 0.240.